The molecule has 1 aliphatic heterocycles. The molecule has 0 spiro atoms. The fourth-order valence-electron chi connectivity index (χ4n) is 1.18. The standard InChI is InChI=1S/C8H5NO2/c10-7-5-3-1-2-4-6(5)8(11)9-7/h1,3-4,6H,(H,9,10,11). The van der Waals surface area contributed by atoms with Crippen LogP contribution in [0.1, 0.15) is 0 Å². The van der Waals surface area contributed by atoms with Gasteiger partial charge in [0.1, 0.15) is 0 Å². The molecular formula is C8H5NO2. The molecule has 1 unspecified atom stereocenters. The zero-order chi connectivity index (χ0) is 7.84. The van der Waals surface area contributed by atoms with E-state index in [4.69, 9.17) is 0 Å². The van der Waals surface area contributed by atoms with Crippen LogP contribution in [0.25, 0.3) is 0 Å². The lowest BCUT2D eigenvalue weighted by molar-refractivity contribution is -0.125. The number of hydrogen-bond donors (Lipinski definition) is 1. The molecule has 0 radical (unpaired) electrons. The number of nitrogens with one attached hydrogen (secondary N) is 1. The summed E-state index contributed by atoms with van der Waals surface area (Å²) in [6.45, 7) is 0. The highest BCUT2D eigenvalue weighted by atomic mass is 16.2. The number of fused-ring (bicyclic) bond motifs is 1. The second kappa shape index (κ2) is 1.94. The van der Waals surface area contributed by atoms with E-state index in [1.165, 1.54) is 0 Å². The molecule has 0 bridgehead atoms. The van der Waals surface area contributed by atoms with Crippen LogP contribution in [0.5, 0.6) is 0 Å². The topological polar surface area (TPSA) is 46.2 Å². The minimum absolute atomic E-state index is 0.248. The largest absolute Gasteiger partial charge is 0.292 e. The molecule has 1 atom stereocenters. The first-order valence-electron chi connectivity index (χ1n) is 3.27. The molecule has 2 amide bonds. The van der Waals surface area contributed by atoms with Crippen LogP contribution < -0.4 is 5.32 Å². The highest BCUT2D eigenvalue weighted by Gasteiger charge is 2.34. The Bertz CT molecular complexity index is 332. The molecule has 1 N–H and O–H groups in total. The lowest BCUT2D eigenvalue weighted by Gasteiger charge is -1.99. The SMILES string of the molecule is O=C1NC(=O)C2C=C=CC=C12. The van der Waals surface area contributed by atoms with Gasteiger partial charge in [0.2, 0.25) is 5.91 Å². The van der Waals surface area contributed by atoms with Crippen molar-refractivity contribution in [2.75, 3.05) is 0 Å². The number of imide groups is 1. The number of amides is 2. The number of allylic oxidation sites excluding steroid dienone is 1. The van der Waals surface area contributed by atoms with Gasteiger partial charge in [0.15, 0.2) is 0 Å². The second-order valence-electron chi connectivity index (χ2n) is 2.42. The first kappa shape index (κ1) is 6.13. The third-order valence-electron chi connectivity index (χ3n) is 1.74. The zero-order valence-corrected chi connectivity index (χ0v) is 5.63. The summed E-state index contributed by atoms with van der Waals surface area (Å²) >= 11 is 0. The summed E-state index contributed by atoms with van der Waals surface area (Å²) in [7, 11) is 0. The van der Waals surface area contributed by atoms with E-state index in [9.17, 15) is 9.59 Å². The van der Waals surface area contributed by atoms with Gasteiger partial charge in [-0.3, -0.25) is 14.9 Å². The quantitative estimate of drug-likeness (QED) is 0.384. The van der Waals surface area contributed by atoms with Crippen molar-refractivity contribution < 1.29 is 9.59 Å². The van der Waals surface area contributed by atoms with E-state index in [1.54, 1.807) is 18.2 Å². The average molecular weight is 147 g/mol. The fraction of sp³-hybridized carbons (Fsp3) is 0.125. The van der Waals surface area contributed by atoms with Crippen LogP contribution in [-0.4, -0.2) is 11.8 Å². The third-order valence-corrected chi connectivity index (χ3v) is 1.74. The normalized spacial score (nSPS) is 26.5. The Hall–Kier alpha value is -1.60. The minimum Gasteiger partial charge on any atom is -0.292 e. The predicted octanol–water partition coefficient (Wildman–Crippen LogP) is -0.0897. The lowest BCUT2D eigenvalue weighted by atomic mass is 9.99. The molecule has 0 aromatic heterocycles. The number of hydrogen-bond acceptors (Lipinski definition) is 2. The van der Waals surface area contributed by atoms with Gasteiger partial charge in [-0.1, -0.05) is 0 Å². The maximum atomic E-state index is 11.0. The summed E-state index contributed by atoms with van der Waals surface area (Å²) in [5, 5.41) is 2.22. The van der Waals surface area contributed by atoms with Crippen molar-refractivity contribution in [1.82, 2.24) is 5.32 Å². The summed E-state index contributed by atoms with van der Waals surface area (Å²) < 4.78 is 0. The third kappa shape index (κ3) is 0.751. The molecule has 3 nitrogen and oxygen atoms in total. The summed E-state index contributed by atoms with van der Waals surface area (Å²) in [5.41, 5.74) is 3.29. The van der Waals surface area contributed by atoms with Gasteiger partial charge in [0.25, 0.3) is 5.91 Å². The van der Waals surface area contributed by atoms with Gasteiger partial charge in [-0.15, -0.1) is 5.73 Å². The molecule has 1 heterocycles. The van der Waals surface area contributed by atoms with Crippen molar-refractivity contribution in [3.05, 3.63) is 29.5 Å². The van der Waals surface area contributed by atoms with Crippen LogP contribution in [0.4, 0.5) is 0 Å². The molecule has 0 aromatic carbocycles. The van der Waals surface area contributed by atoms with Crippen LogP contribution in [0.2, 0.25) is 0 Å². The zero-order valence-electron chi connectivity index (χ0n) is 5.63. The van der Waals surface area contributed by atoms with Gasteiger partial charge >= 0.3 is 0 Å². The fourth-order valence-corrected chi connectivity index (χ4v) is 1.18. The van der Waals surface area contributed by atoms with Crippen molar-refractivity contribution in [2.24, 2.45) is 5.92 Å². The maximum absolute atomic E-state index is 11.0. The lowest BCUT2D eigenvalue weighted by Crippen LogP contribution is -2.21. The van der Waals surface area contributed by atoms with E-state index in [0.29, 0.717) is 5.57 Å². The van der Waals surface area contributed by atoms with Gasteiger partial charge < -0.3 is 0 Å². The van der Waals surface area contributed by atoms with Crippen LogP contribution in [-0.2, 0) is 9.59 Å². The summed E-state index contributed by atoms with van der Waals surface area (Å²) in [6.07, 6.45) is 4.84. The van der Waals surface area contributed by atoms with Gasteiger partial charge in [-0.25, -0.2) is 0 Å². The molecule has 1 saturated heterocycles. The Labute approximate surface area is 63.1 Å². The predicted molar refractivity (Wildman–Crippen MR) is 37.4 cm³/mol. The molecule has 0 aromatic rings. The first-order valence-corrected chi connectivity index (χ1v) is 3.27. The number of carbonyl (C=O) groups is 2. The Morgan fingerprint density at radius 3 is 3.00 bits per heavy atom. The van der Waals surface area contributed by atoms with Crippen molar-refractivity contribution in [3.63, 3.8) is 0 Å². The molecule has 1 fully saturated rings. The van der Waals surface area contributed by atoms with E-state index in [0.717, 1.165) is 0 Å². The Morgan fingerprint density at radius 2 is 2.27 bits per heavy atom. The van der Waals surface area contributed by atoms with E-state index < -0.39 is 5.92 Å². The average Bonchev–Trinajstić information content (AvgIpc) is 2.30. The molecule has 1 aliphatic carbocycles. The van der Waals surface area contributed by atoms with Gasteiger partial charge in [0, 0.05) is 5.57 Å². The Balaban J connectivity index is 2.52. The Kier molecular flexibility index (Phi) is 1.08. The summed E-state index contributed by atoms with van der Waals surface area (Å²) in [4.78, 5) is 21.9. The molecule has 3 heteroatoms. The molecule has 11 heavy (non-hydrogen) atoms. The van der Waals surface area contributed by atoms with E-state index >= 15 is 0 Å². The summed E-state index contributed by atoms with van der Waals surface area (Å²) in [5.74, 6) is -0.927. The van der Waals surface area contributed by atoms with Gasteiger partial charge in [0.05, 0.1) is 5.92 Å². The highest BCUT2D eigenvalue weighted by molar-refractivity contribution is 6.16. The van der Waals surface area contributed by atoms with Crippen LogP contribution in [0, 0.1) is 5.92 Å². The summed E-state index contributed by atoms with van der Waals surface area (Å²) in [6, 6.07) is 0. The monoisotopic (exact) mass is 147 g/mol. The Morgan fingerprint density at radius 1 is 1.45 bits per heavy atom. The van der Waals surface area contributed by atoms with Crippen LogP contribution in [0.3, 0.4) is 0 Å². The van der Waals surface area contributed by atoms with Crippen molar-refractivity contribution in [2.45, 2.75) is 0 Å². The second-order valence-corrected chi connectivity index (χ2v) is 2.42. The molecule has 54 valence electrons. The van der Waals surface area contributed by atoms with Crippen molar-refractivity contribution in [1.29, 1.82) is 0 Å². The molecule has 2 aliphatic rings. The van der Waals surface area contributed by atoms with Crippen LogP contribution >= 0.6 is 0 Å². The highest BCUT2D eigenvalue weighted by Crippen LogP contribution is 2.21. The van der Waals surface area contributed by atoms with Gasteiger partial charge in [-0.05, 0) is 18.2 Å². The number of carbonyl (C=O) groups excluding carboxylic acids is 2. The first-order chi connectivity index (χ1) is 5.29. The maximum Gasteiger partial charge on any atom is 0.254 e. The number of rotatable bonds is 0. The van der Waals surface area contributed by atoms with Crippen molar-refractivity contribution in [3.8, 4) is 0 Å². The minimum atomic E-state index is -0.396. The van der Waals surface area contributed by atoms with E-state index in [2.05, 4.69) is 11.0 Å². The van der Waals surface area contributed by atoms with E-state index in [1.807, 2.05) is 0 Å². The van der Waals surface area contributed by atoms with Gasteiger partial charge in [-0.2, -0.15) is 0 Å². The van der Waals surface area contributed by atoms with Crippen LogP contribution in [0.15, 0.2) is 29.5 Å². The molecule has 2 rings (SSSR count). The van der Waals surface area contributed by atoms with Crippen molar-refractivity contribution >= 4 is 11.8 Å². The molecule has 0 saturated carbocycles. The van der Waals surface area contributed by atoms with E-state index in [-0.39, 0.29) is 11.8 Å². The smallest absolute Gasteiger partial charge is 0.254 e. The molecular weight excluding hydrogens is 142 g/mol.